The highest BCUT2D eigenvalue weighted by molar-refractivity contribution is 7.99. The first-order chi connectivity index (χ1) is 58.5. The van der Waals surface area contributed by atoms with E-state index in [4.69, 9.17) is 37.9 Å². The molecular formula is C97H105N5O18S3. The number of aryl methyl sites for hydroxylation is 9. The molecule has 5 heterocycles. The number of amides is 3. The first-order valence-electron chi connectivity index (χ1n) is 41.0. The molecule has 26 heteroatoms. The van der Waals surface area contributed by atoms with Gasteiger partial charge in [-0.3, -0.25) is 24.4 Å². The summed E-state index contributed by atoms with van der Waals surface area (Å²) in [6, 6.07) is 49.2. The largest absolute Gasteiger partial charge is 0.478 e. The molecule has 12 rings (SSSR count). The number of Topliss-reactive ketones (excluding diaryl/α,β-unsaturated/α-hetero) is 3. The lowest BCUT2D eigenvalue weighted by atomic mass is 9.84. The fraction of sp³-hybridized carbons (Fsp3) is 0.371. The van der Waals surface area contributed by atoms with Crippen LogP contribution in [0.5, 0.6) is 34.5 Å². The van der Waals surface area contributed by atoms with E-state index >= 15 is 0 Å². The summed E-state index contributed by atoms with van der Waals surface area (Å²) >= 11 is 4.14. The van der Waals surface area contributed by atoms with E-state index in [0.717, 1.165) is 76.1 Å². The van der Waals surface area contributed by atoms with E-state index in [2.05, 4.69) is 9.97 Å². The van der Waals surface area contributed by atoms with Crippen LogP contribution in [0.1, 0.15) is 140 Å². The number of esters is 2. The highest BCUT2D eigenvalue weighted by atomic mass is 32.2. The van der Waals surface area contributed by atoms with Crippen molar-refractivity contribution in [3.63, 3.8) is 0 Å². The summed E-state index contributed by atoms with van der Waals surface area (Å²) in [5, 5.41) is 9.77. The van der Waals surface area contributed by atoms with Crippen molar-refractivity contribution in [2.24, 2.45) is 35.5 Å². The van der Waals surface area contributed by atoms with Gasteiger partial charge in [-0.25, -0.2) is 28.8 Å². The van der Waals surface area contributed by atoms with Crippen molar-refractivity contribution in [2.45, 2.75) is 154 Å². The number of aliphatic carboxylic acids is 1. The van der Waals surface area contributed by atoms with Crippen LogP contribution in [0.4, 0.5) is 14.4 Å². The lowest BCUT2D eigenvalue weighted by molar-refractivity contribution is -0.157. The Morgan fingerprint density at radius 3 is 1.08 bits per heavy atom. The molecule has 1 N–H and O–H groups in total. The van der Waals surface area contributed by atoms with Gasteiger partial charge >= 0.3 is 36.2 Å². The Bertz CT molecular complexity index is 5330. The molecule has 6 atom stereocenters. The maximum absolute atomic E-state index is 14.8. The van der Waals surface area contributed by atoms with Crippen LogP contribution in [0.3, 0.4) is 0 Å². The number of likely N-dealkylation sites (tertiary alicyclic amines) is 3. The topological polar surface area (TPSA) is 283 Å². The van der Waals surface area contributed by atoms with Gasteiger partial charge in [0.1, 0.15) is 34.9 Å². The summed E-state index contributed by atoms with van der Waals surface area (Å²) in [6.07, 6.45) is 5.33. The predicted molar refractivity (Wildman–Crippen MR) is 471 cm³/mol. The lowest BCUT2D eigenvalue weighted by Gasteiger charge is -2.27. The van der Waals surface area contributed by atoms with Gasteiger partial charge in [-0.15, -0.1) is 11.8 Å². The van der Waals surface area contributed by atoms with Crippen LogP contribution in [0.15, 0.2) is 191 Å². The van der Waals surface area contributed by atoms with Gasteiger partial charge in [-0.2, -0.15) is 0 Å². The minimum Gasteiger partial charge on any atom is -0.478 e. The van der Waals surface area contributed by atoms with Crippen LogP contribution in [0.25, 0.3) is 0 Å². The molecule has 3 fully saturated rings. The Hall–Kier alpha value is -11.5. The molecule has 23 nitrogen and oxygen atoms in total. The maximum atomic E-state index is 14.8. The second-order valence-corrected chi connectivity index (χ2v) is 36.4. The average Bonchev–Trinajstić information content (AvgIpc) is 1.59. The highest BCUT2D eigenvalue weighted by Gasteiger charge is 2.45. The number of ketones is 3. The number of carbonyl (C=O) groups is 9. The molecule has 7 aromatic carbocycles. The number of hydrogen-bond donors (Lipinski definition) is 1. The standard InChI is InChI=1S/C97H105N5O18S3/c1-57-39-65(23-24-71-49-100(92(110)115-74-19-17-16-18-20-74)52-80(71)83(103)68-25-33-77(121-15)34-26-68)40-58(2)87(57)119-96(11,12)90(108)113-55-122-78-35-29-70(30-36-78)85(105)82-54-102(94(112)117-76-32-22-64(8)99-48-76)51-73(82)46-67-43-61(5)88(62(6)44-67)120-97(13,14)91(109)114-56-123-79-37-27-69(28-38-79)84(104)81-53-101(93(111)116-75-31-21-63(7)98-47-75)50-72(81)45-66-41-59(3)86(60(4)42-66)118-95(9,10)89(106)107/h16-22,25-44,47-48,71-73,80-82H,23-24,45-46,49-56H2,1-15H3,(H,106,107)/t71-,72-,73+,80-,81-,82+/m1/s1. The SMILES string of the molecule is CSc1ccc(C(=O)[C@@H]2CN(C(=O)Oc3ccccc3)C[C@H]2CCc2cc(C)c(OC(C)(C)C(=O)OCSc3ccc(C(=O)[C@H]4CN(C(=O)Oc5ccc(C)nc5)C[C@@H]4Cc4cc(C)c(OC(C)(C)C(=O)OCSc5ccc(C(=O)[C@@H]6CN(C(=O)Oc7ccc(C)nc7)C[C@H]6Cc6cc(C)c(OC(C)(C)C(=O)O)c(C)c6)cc5)c(C)c4)cc3)c(C)c2)cc1. The molecular weight excluding hydrogens is 1620 g/mol. The zero-order chi connectivity index (χ0) is 88.4. The van der Waals surface area contributed by atoms with Crippen LogP contribution < -0.4 is 28.4 Å². The quantitative estimate of drug-likeness (QED) is 0.0177. The summed E-state index contributed by atoms with van der Waals surface area (Å²) in [6.45, 7) is 25.8. The maximum Gasteiger partial charge on any atom is 0.415 e. The third kappa shape index (κ3) is 22.9. The number of thioether (sulfide) groups is 3. The van der Waals surface area contributed by atoms with Crippen LogP contribution in [-0.2, 0) is 43.1 Å². The zero-order valence-electron chi connectivity index (χ0n) is 72.0. The second kappa shape index (κ2) is 39.4. The van der Waals surface area contributed by atoms with Gasteiger partial charge in [0.25, 0.3) is 0 Å². The predicted octanol–water partition coefficient (Wildman–Crippen LogP) is 18.7. The summed E-state index contributed by atoms with van der Waals surface area (Å²) in [5.74, 6) is -2.74. The molecule has 0 spiro atoms. The molecule has 0 unspecified atom stereocenters. The third-order valence-electron chi connectivity index (χ3n) is 22.6. The Balaban J connectivity index is 0.640. The van der Waals surface area contributed by atoms with E-state index in [0.29, 0.717) is 71.9 Å². The third-order valence-corrected chi connectivity index (χ3v) is 25.1. The van der Waals surface area contributed by atoms with Crippen LogP contribution in [0, 0.1) is 90.9 Å². The van der Waals surface area contributed by atoms with Gasteiger partial charge in [0.2, 0.25) is 0 Å². The molecule has 9 aromatic rings. The summed E-state index contributed by atoms with van der Waals surface area (Å²) in [4.78, 5) is 140. The fourth-order valence-electron chi connectivity index (χ4n) is 16.0. The molecule has 0 radical (unpaired) electrons. The second-order valence-electron chi connectivity index (χ2n) is 33.5. The van der Waals surface area contributed by atoms with E-state index in [9.17, 15) is 48.3 Å². The smallest absolute Gasteiger partial charge is 0.415 e. The Labute approximate surface area is 731 Å². The highest BCUT2D eigenvalue weighted by Crippen LogP contribution is 2.41. The molecule has 644 valence electrons. The zero-order valence-corrected chi connectivity index (χ0v) is 74.5. The molecule has 123 heavy (non-hydrogen) atoms. The first kappa shape index (κ1) is 90.7. The Morgan fingerprint density at radius 1 is 0.398 bits per heavy atom. The van der Waals surface area contributed by atoms with Gasteiger partial charge in [-0.1, -0.05) is 115 Å². The average molecular weight is 1730 g/mol. The van der Waals surface area contributed by atoms with Gasteiger partial charge in [0, 0.05) is 99.8 Å². The minimum atomic E-state index is -1.47. The van der Waals surface area contributed by atoms with Gasteiger partial charge in [0.05, 0.1) is 12.4 Å². The number of para-hydroxylation sites is 1. The van der Waals surface area contributed by atoms with E-state index in [1.807, 2.05) is 128 Å². The molecule has 3 amide bonds. The number of ether oxygens (including phenoxy) is 8. The van der Waals surface area contributed by atoms with E-state index < -0.39 is 70.7 Å². The van der Waals surface area contributed by atoms with Crippen LogP contribution in [-0.4, -0.2) is 158 Å². The fourth-order valence-corrected chi connectivity index (χ4v) is 17.7. The van der Waals surface area contributed by atoms with Crippen LogP contribution >= 0.6 is 35.3 Å². The van der Waals surface area contributed by atoms with Crippen molar-refractivity contribution in [3.8, 4) is 34.5 Å². The molecule has 3 aliphatic rings. The molecule has 0 aliphatic carbocycles. The molecule has 0 saturated carbocycles. The number of aromatic nitrogens is 2. The first-order valence-corrected chi connectivity index (χ1v) is 44.2. The monoisotopic (exact) mass is 1720 g/mol. The summed E-state index contributed by atoms with van der Waals surface area (Å²) in [5.41, 5.74) is 6.07. The molecule has 0 bridgehead atoms. The van der Waals surface area contributed by atoms with Crippen LogP contribution in [0.2, 0.25) is 0 Å². The normalized spacial score (nSPS) is 17.1. The van der Waals surface area contributed by atoms with E-state index in [-0.39, 0.29) is 91.2 Å². The van der Waals surface area contributed by atoms with Gasteiger partial charge < -0.3 is 57.7 Å². The van der Waals surface area contributed by atoms with Crippen molar-refractivity contribution >= 4 is 88.8 Å². The number of pyridine rings is 2. The van der Waals surface area contributed by atoms with Gasteiger partial charge in [-0.05, 0) is 269 Å². The minimum absolute atomic E-state index is 0.00940. The summed E-state index contributed by atoms with van der Waals surface area (Å²) < 4.78 is 47.8. The number of carbonyl (C=O) groups excluding carboxylic acids is 8. The Kier molecular flexibility index (Phi) is 29.0. The number of benzene rings is 7. The van der Waals surface area contributed by atoms with E-state index in [1.54, 1.807) is 146 Å². The lowest BCUT2D eigenvalue weighted by Crippen LogP contribution is -2.40. The summed E-state index contributed by atoms with van der Waals surface area (Å²) in [7, 11) is 0. The molecule has 3 saturated heterocycles. The number of hydrogen-bond acceptors (Lipinski definition) is 22. The molecule has 2 aromatic heterocycles. The van der Waals surface area contributed by atoms with Crippen molar-refractivity contribution in [3.05, 3.63) is 254 Å². The van der Waals surface area contributed by atoms with Gasteiger partial charge in [0.15, 0.2) is 45.7 Å². The van der Waals surface area contributed by atoms with Crippen molar-refractivity contribution in [2.75, 3.05) is 57.4 Å². The number of carboxylic acid groups (broad SMARTS) is 1. The molecule has 3 aliphatic heterocycles. The van der Waals surface area contributed by atoms with Crippen molar-refractivity contribution in [1.82, 2.24) is 24.7 Å². The van der Waals surface area contributed by atoms with Crippen molar-refractivity contribution < 1.29 is 86.2 Å². The Morgan fingerprint density at radius 2 is 0.732 bits per heavy atom. The number of nitrogens with zero attached hydrogens (tertiary/aromatic N) is 5. The number of carboxylic acids is 1. The van der Waals surface area contributed by atoms with E-state index in [1.165, 1.54) is 54.7 Å². The van der Waals surface area contributed by atoms with Crippen molar-refractivity contribution in [1.29, 1.82) is 0 Å². The number of rotatable bonds is 32.